The van der Waals surface area contributed by atoms with E-state index in [0.717, 1.165) is 6.61 Å². The van der Waals surface area contributed by atoms with Gasteiger partial charge in [0.05, 0.1) is 12.2 Å². The van der Waals surface area contributed by atoms with Crippen molar-refractivity contribution in [2.75, 3.05) is 19.7 Å². The van der Waals surface area contributed by atoms with E-state index in [4.69, 9.17) is 4.74 Å². The molecule has 13 heavy (non-hydrogen) atoms. The van der Waals surface area contributed by atoms with Gasteiger partial charge in [-0.25, -0.2) is 0 Å². The maximum Gasteiger partial charge on any atom is 0.0658 e. The summed E-state index contributed by atoms with van der Waals surface area (Å²) in [7, 11) is 0. The van der Waals surface area contributed by atoms with Crippen LogP contribution < -0.4 is 0 Å². The summed E-state index contributed by atoms with van der Waals surface area (Å²) in [6, 6.07) is 0. The molecule has 2 nitrogen and oxygen atoms in total. The van der Waals surface area contributed by atoms with Crippen LogP contribution in [0.25, 0.3) is 0 Å². The zero-order valence-corrected chi connectivity index (χ0v) is 9.10. The summed E-state index contributed by atoms with van der Waals surface area (Å²) in [5, 5.41) is 0. The molecule has 2 fully saturated rings. The van der Waals surface area contributed by atoms with Crippen LogP contribution in [0.5, 0.6) is 0 Å². The van der Waals surface area contributed by atoms with Crippen molar-refractivity contribution in [2.45, 2.75) is 51.2 Å². The van der Waals surface area contributed by atoms with Gasteiger partial charge < -0.3 is 4.74 Å². The zero-order valence-electron chi connectivity index (χ0n) is 9.10. The molecule has 0 N–H and O–H groups in total. The van der Waals surface area contributed by atoms with Gasteiger partial charge in [0.2, 0.25) is 0 Å². The first kappa shape index (κ1) is 9.47. The molecule has 0 saturated carbocycles. The lowest BCUT2D eigenvalue weighted by Gasteiger charge is -2.49. The summed E-state index contributed by atoms with van der Waals surface area (Å²) in [5.74, 6) is 0. The van der Waals surface area contributed by atoms with Crippen LogP contribution in [-0.4, -0.2) is 35.7 Å². The number of nitrogens with zero attached hydrogens (tertiary/aromatic N) is 1. The summed E-state index contributed by atoms with van der Waals surface area (Å²) < 4.78 is 5.90. The minimum absolute atomic E-state index is 0.0264. The van der Waals surface area contributed by atoms with Crippen LogP contribution in [0, 0.1) is 0 Å². The second kappa shape index (κ2) is 2.96. The lowest BCUT2D eigenvalue weighted by molar-refractivity contribution is -0.0976. The van der Waals surface area contributed by atoms with Gasteiger partial charge in [-0.05, 0) is 46.6 Å². The first-order valence-corrected chi connectivity index (χ1v) is 5.41. The lowest BCUT2D eigenvalue weighted by Crippen LogP contribution is -2.59. The molecule has 1 unspecified atom stereocenters. The molecule has 2 aliphatic heterocycles. The molecule has 0 aromatic heterocycles. The first-order chi connectivity index (χ1) is 6.02. The van der Waals surface area contributed by atoms with Crippen molar-refractivity contribution < 1.29 is 4.74 Å². The Balaban J connectivity index is 1.87. The van der Waals surface area contributed by atoms with Crippen LogP contribution in [0.4, 0.5) is 0 Å². The van der Waals surface area contributed by atoms with Gasteiger partial charge in [-0.1, -0.05) is 0 Å². The Morgan fingerprint density at radius 3 is 2.46 bits per heavy atom. The number of rotatable bonds is 2. The van der Waals surface area contributed by atoms with E-state index in [0.29, 0.717) is 5.54 Å². The van der Waals surface area contributed by atoms with Crippen molar-refractivity contribution >= 4 is 0 Å². The predicted molar refractivity (Wildman–Crippen MR) is 53.9 cm³/mol. The van der Waals surface area contributed by atoms with Gasteiger partial charge in [-0.3, -0.25) is 4.90 Å². The average Bonchev–Trinajstić information content (AvgIpc) is 2.24. The number of fused-ring (bicyclic) bond motifs is 1. The first-order valence-electron chi connectivity index (χ1n) is 5.41. The Bertz CT molecular complexity index is 197. The molecule has 2 rings (SSSR count). The highest BCUT2D eigenvalue weighted by molar-refractivity contribution is 5.04. The Hall–Kier alpha value is -0.0800. The minimum Gasteiger partial charge on any atom is -0.374 e. The minimum atomic E-state index is 0.0264. The highest BCUT2D eigenvalue weighted by atomic mass is 16.5. The van der Waals surface area contributed by atoms with Crippen molar-refractivity contribution in [3.8, 4) is 0 Å². The van der Waals surface area contributed by atoms with Gasteiger partial charge in [0.15, 0.2) is 0 Å². The Labute approximate surface area is 81.3 Å². The van der Waals surface area contributed by atoms with Crippen LogP contribution in [0.1, 0.15) is 40.0 Å². The van der Waals surface area contributed by atoms with Crippen LogP contribution >= 0.6 is 0 Å². The van der Waals surface area contributed by atoms with E-state index in [9.17, 15) is 0 Å². The Morgan fingerprint density at radius 2 is 2.00 bits per heavy atom. The van der Waals surface area contributed by atoms with Crippen molar-refractivity contribution in [3.05, 3.63) is 0 Å². The maximum atomic E-state index is 5.90. The van der Waals surface area contributed by atoms with E-state index in [1.165, 1.54) is 32.4 Å². The Kier molecular flexibility index (Phi) is 2.16. The second-order valence-electron chi connectivity index (χ2n) is 5.47. The molecule has 0 bridgehead atoms. The van der Waals surface area contributed by atoms with E-state index in [1.54, 1.807) is 0 Å². The van der Waals surface area contributed by atoms with Crippen LogP contribution in [0.15, 0.2) is 0 Å². The average molecular weight is 183 g/mol. The van der Waals surface area contributed by atoms with E-state index >= 15 is 0 Å². The van der Waals surface area contributed by atoms with Crippen LogP contribution in [-0.2, 0) is 4.74 Å². The van der Waals surface area contributed by atoms with Crippen molar-refractivity contribution in [1.82, 2.24) is 4.90 Å². The predicted octanol–water partition coefficient (Wildman–Crippen LogP) is 2.04. The van der Waals surface area contributed by atoms with E-state index in [2.05, 4.69) is 25.7 Å². The molecule has 0 amide bonds. The SMILES string of the molecule is CC(C)(C)OCC12CCCN1CC2. The normalized spacial score (nSPS) is 34.4. The molecule has 2 heterocycles. The summed E-state index contributed by atoms with van der Waals surface area (Å²) in [6.07, 6.45) is 4.07. The standard InChI is InChI=1S/C11H21NO/c1-10(2,3)13-9-11-5-4-7-12(11)8-6-11/h4-9H2,1-3H3. The molecule has 0 spiro atoms. The summed E-state index contributed by atoms with van der Waals surface area (Å²) in [4.78, 5) is 2.60. The zero-order chi connectivity index (χ0) is 9.53. The third kappa shape index (κ3) is 1.75. The summed E-state index contributed by atoms with van der Waals surface area (Å²) in [6.45, 7) is 9.96. The van der Waals surface area contributed by atoms with Gasteiger partial charge in [0.25, 0.3) is 0 Å². The molecular formula is C11H21NO. The third-order valence-electron chi connectivity index (χ3n) is 3.36. The third-order valence-corrected chi connectivity index (χ3v) is 3.36. The van der Waals surface area contributed by atoms with Gasteiger partial charge in [-0.15, -0.1) is 0 Å². The molecule has 2 saturated heterocycles. The van der Waals surface area contributed by atoms with Crippen molar-refractivity contribution in [2.24, 2.45) is 0 Å². The van der Waals surface area contributed by atoms with E-state index in [1.807, 2.05) is 0 Å². The molecule has 0 radical (unpaired) electrons. The molecule has 0 aromatic rings. The summed E-state index contributed by atoms with van der Waals surface area (Å²) >= 11 is 0. The fraction of sp³-hybridized carbons (Fsp3) is 1.00. The molecule has 76 valence electrons. The molecule has 0 aromatic carbocycles. The molecule has 1 atom stereocenters. The second-order valence-corrected chi connectivity index (χ2v) is 5.47. The topological polar surface area (TPSA) is 12.5 Å². The largest absolute Gasteiger partial charge is 0.374 e. The van der Waals surface area contributed by atoms with Crippen LogP contribution in [0.2, 0.25) is 0 Å². The summed E-state index contributed by atoms with van der Waals surface area (Å²) in [5.41, 5.74) is 0.478. The van der Waals surface area contributed by atoms with Crippen molar-refractivity contribution in [1.29, 1.82) is 0 Å². The van der Waals surface area contributed by atoms with Crippen molar-refractivity contribution in [3.63, 3.8) is 0 Å². The van der Waals surface area contributed by atoms with Gasteiger partial charge in [0.1, 0.15) is 0 Å². The highest BCUT2D eigenvalue weighted by Crippen LogP contribution is 2.41. The van der Waals surface area contributed by atoms with Gasteiger partial charge in [0, 0.05) is 12.1 Å². The number of ether oxygens (including phenoxy) is 1. The molecule has 2 aliphatic rings. The number of hydrogen-bond donors (Lipinski definition) is 0. The van der Waals surface area contributed by atoms with E-state index in [-0.39, 0.29) is 5.60 Å². The fourth-order valence-corrected chi connectivity index (χ4v) is 2.40. The quantitative estimate of drug-likeness (QED) is 0.649. The molecule has 2 heteroatoms. The van der Waals surface area contributed by atoms with E-state index < -0.39 is 0 Å². The Morgan fingerprint density at radius 1 is 1.23 bits per heavy atom. The van der Waals surface area contributed by atoms with Gasteiger partial charge in [-0.2, -0.15) is 0 Å². The molecular weight excluding hydrogens is 162 g/mol. The molecule has 0 aliphatic carbocycles. The monoisotopic (exact) mass is 183 g/mol. The fourth-order valence-electron chi connectivity index (χ4n) is 2.40. The lowest BCUT2D eigenvalue weighted by atomic mass is 9.86. The van der Waals surface area contributed by atoms with Gasteiger partial charge >= 0.3 is 0 Å². The smallest absolute Gasteiger partial charge is 0.0658 e. The maximum absolute atomic E-state index is 5.90. The number of hydrogen-bond acceptors (Lipinski definition) is 2. The van der Waals surface area contributed by atoms with Crippen LogP contribution in [0.3, 0.4) is 0 Å². The highest BCUT2D eigenvalue weighted by Gasteiger charge is 2.48.